The standard InChI is InChI=1S/C13H13BrN2O2/c14-8-1-2-11-9(5-8)10-6-15-4-3-12(10)16(11)7-13(17)18/h1-2,5,15H,3-4,6-7H2,(H,17,18). The molecule has 4 nitrogen and oxygen atoms in total. The molecule has 1 aromatic heterocycles. The Morgan fingerprint density at radius 1 is 1.50 bits per heavy atom. The number of carboxylic acids is 1. The van der Waals surface area contributed by atoms with Crippen LogP contribution < -0.4 is 5.32 Å². The van der Waals surface area contributed by atoms with Crippen molar-refractivity contribution in [2.45, 2.75) is 19.5 Å². The van der Waals surface area contributed by atoms with Crippen LogP contribution in [0.1, 0.15) is 11.3 Å². The summed E-state index contributed by atoms with van der Waals surface area (Å²) in [6.45, 7) is 1.76. The largest absolute Gasteiger partial charge is 0.480 e. The molecule has 94 valence electrons. The van der Waals surface area contributed by atoms with Gasteiger partial charge in [-0.05, 0) is 23.8 Å². The van der Waals surface area contributed by atoms with E-state index in [0.29, 0.717) is 0 Å². The number of carbonyl (C=O) groups is 1. The number of rotatable bonds is 2. The zero-order valence-corrected chi connectivity index (χ0v) is 11.3. The minimum absolute atomic E-state index is 0.0352. The van der Waals surface area contributed by atoms with E-state index in [1.807, 2.05) is 16.7 Å². The first-order valence-corrected chi connectivity index (χ1v) is 6.68. The maximum absolute atomic E-state index is 11.0. The maximum atomic E-state index is 11.0. The fraction of sp³-hybridized carbons (Fsp3) is 0.308. The Balaban J connectivity index is 2.28. The number of fused-ring (bicyclic) bond motifs is 3. The number of nitrogens with zero attached hydrogens (tertiary/aromatic N) is 1. The van der Waals surface area contributed by atoms with Crippen LogP contribution in [-0.4, -0.2) is 22.2 Å². The molecule has 0 saturated carbocycles. The van der Waals surface area contributed by atoms with Gasteiger partial charge in [0.1, 0.15) is 6.54 Å². The molecule has 0 spiro atoms. The van der Waals surface area contributed by atoms with Crippen LogP contribution >= 0.6 is 15.9 Å². The molecular formula is C13H13BrN2O2. The first kappa shape index (κ1) is 11.7. The van der Waals surface area contributed by atoms with Crippen LogP contribution in [0.4, 0.5) is 0 Å². The molecule has 0 aliphatic carbocycles. The second kappa shape index (κ2) is 4.40. The van der Waals surface area contributed by atoms with Crippen molar-refractivity contribution >= 4 is 32.8 Å². The summed E-state index contributed by atoms with van der Waals surface area (Å²) in [5.41, 5.74) is 3.40. The van der Waals surface area contributed by atoms with Gasteiger partial charge in [0, 0.05) is 40.6 Å². The highest BCUT2D eigenvalue weighted by atomic mass is 79.9. The predicted octanol–water partition coefficient (Wildman–Crippen LogP) is 2.13. The average molecular weight is 309 g/mol. The molecule has 0 atom stereocenters. The Morgan fingerprint density at radius 3 is 3.11 bits per heavy atom. The predicted molar refractivity (Wildman–Crippen MR) is 72.7 cm³/mol. The van der Waals surface area contributed by atoms with Crippen molar-refractivity contribution in [1.82, 2.24) is 9.88 Å². The molecule has 0 unspecified atom stereocenters. The van der Waals surface area contributed by atoms with E-state index < -0.39 is 5.97 Å². The Labute approximate surface area is 113 Å². The zero-order valence-electron chi connectivity index (χ0n) is 9.74. The fourth-order valence-corrected chi connectivity index (χ4v) is 3.03. The Bertz CT molecular complexity index is 633. The second-order valence-electron chi connectivity index (χ2n) is 4.49. The van der Waals surface area contributed by atoms with Crippen LogP contribution in [0.25, 0.3) is 10.9 Å². The SMILES string of the molecule is O=C(O)Cn1c2c(c3cc(Br)ccc31)CNCC2. The number of hydrogen-bond donors (Lipinski definition) is 2. The molecule has 0 saturated heterocycles. The molecule has 2 aromatic rings. The van der Waals surface area contributed by atoms with Crippen molar-refractivity contribution in [2.75, 3.05) is 6.54 Å². The molecular weight excluding hydrogens is 296 g/mol. The van der Waals surface area contributed by atoms with Crippen molar-refractivity contribution in [3.8, 4) is 0 Å². The number of aromatic nitrogens is 1. The number of hydrogen-bond acceptors (Lipinski definition) is 2. The average Bonchev–Trinajstić information content (AvgIpc) is 2.64. The van der Waals surface area contributed by atoms with Gasteiger partial charge in [-0.25, -0.2) is 0 Å². The van der Waals surface area contributed by atoms with E-state index in [9.17, 15) is 4.79 Å². The maximum Gasteiger partial charge on any atom is 0.323 e. The topological polar surface area (TPSA) is 54.3 Å². The summed E-state index contributed by atoms with van der Waals surface area (Å²) in [5.74, 6) is -0.795. The Hall–Kier alpha value is -1.33. The highest BCUT2D eigenvalue weighted by Gasteiger charge is 2.20. The van der Waals surface area contributed by atoms with Crippen LogP contribution in [0, 0.1) is 0 Å². The van der Waals surface area contributed by atoms with Crippen LogP contribution in [0.15, 0.2) is 22.7 Å². The van der Waals surface area contributed by atoms with E-state index in [0.717, 1.165) is 40.6 Å². The minimum atomic E-state index is -0.795. The van der Waals surface area contributed by atoms with E-state index in [1.54, 1.807) is 0 Å². The highest BCUT2D eigenvalue weighted by Crippen LogP contribution is 2.30. The van der Waals surface area contributed by atoms with Gasteiger partial charge >= 0.3 is 5.97 Å². The van der Waals surface area contributed by atoms with Crippen LogP contribution in [0.3, 0.4) is 0 Å². The number of aliphatic carboxylic acids is 1. The second-order valence-corrected chi connectivity index (χ2v) is 5.41. The van der Waals surface area contributed by atoms with Crippen LogP contribution in [0.5, 0.6) is 0 Å². The van der Waals surface area contributed by atoms with Gasteiger partial charge in [-0.15, -0.1) is 0 Å². The molecule has 2 heterocycles. The van der Waals surface area contributed by atoms with Gasteiger partial charge in [0.15, 0.2) is 0 Å². The molecule has 0 amide bonds. The van der Waals surface area contributed by atoms with E-state index >= 15 is 0 Å². The summed E-state index contributed by atoms with van der Waals surface area (Å²) >= 11 is 3.47. The lowest BCUT2D eigenvalue weighted by atomic mass is 10.1. The number of nitrogens with one attached hydrogen (secondary N) is 1. The molecule has 18 heavy (non-hydrogen) atoms. The van der Waals surface area contributed by atoms with Gasteiger partial charge < -0.3 is 15.0 Å². The van der Waals surface area contributed by atoms with Crippen molar-refractivity contribution in [3.63, 3.8) is 0 Å². The zero-order chi connectivity index (χ0) is 12.7. The Morgan fingerprint density at radius 2 is 2.33 bits per heavy atom. The van der Waals surface area contributed by atoms with Crippen LogP contribution in [0.2, 0.25) is 0 Å². The summed E-state index contributed by atoms with van der Waals surface area (Å²) in [7, 11) is 0. The van der Waals surface area contributed by atoms with Crippen molar-refractivity contribution in [3.05, 3.63) is 33.9 Å². The monoisotopic (exact) mass is 308 g/mol. The summed E-state index contributed by atoms with van der Waals surface area (Å²) in [4.78, 5) is 11.0. The van der Waals surface area contributed by atoms with E-state index in [-0.39, 0.29) is 6.54 Å². The molecule has 2 N–H and O–H groups in total. The Kier molecular flexibility index (Phi) is 2.87. The molecule has 0 radical (unpaired) electrons. The van der Waals surface area contributed by atoms with Gasteiger partial charge in [-0.2, -0.15) is 0 Å². The van der Waals surface area contributed by atoms with Gasteiger partial charge in [0.05, 0.1) is 0 Å². The molecule has 1 aliphatic rings. The molecule has 1 aromatic carbocycles. The molecule has 5 heteroatoms. The number of halogens is 1. The third-order valence-electron chi connectivity index (χ3n) is 3.38. The normalized spacial score (nSPS) is 14.7. The summed E-state index contributed by atoms with van der Waals surface area (Å²) < 4.78 is 2.95. The molecule has 0 bridgehead atoms. The van der Waals surface area contributed by atoms with Crippen molar-refractivity contribution in [1.29, 1.82) is 0 Å². The van der Waals surface area contributed by atoms with Crippen molar-refractivity contribution < 1.29 is 9.90 Å². The van der Waals surface area contributed by atoms with Gasteiger partial charge in [0.25, 0.3) is 0 Å². The van der Waals surface area contributed by atoms with Gasteiger partial charge in [0.2, 0.25) is 0 Å². The number of benzene rings is 1. The van der Waals surface area contributed by atoms with Crippen molar-refractivity contribution in [2.24, 2.45) is 0 Å². The lowest BCUT2D eigenvalue weighted by Crippen LogP contribution is -2.25. The van der Waals surface area contributed by atoms with Crippen LogP contribution in [-0.2, 0) is 24.3 Å². The van der Waals surface area contributed by atoms with Gasteiger partial charge in [-0.1, -0.05) is 15.9 Å². The van der Waals surface area contributed by atoms with Gasteiger partial charge in [-0.3, -0.25) is 4.79 Å². The molecule has 0 fully saturated rings. The quantitative estimate of drug-likeness (QED) is 0.893. The summed E-state index contributed by atoms with van der Waals surface area (Å²) in [6, 6.07) is 6.01. The smallest absolute Gasteiger partial charge is 0.323 e. The van der Waals surface area contributed by atoms with E-state index in [1.165, 1.54) is 5.56 Å². The lowest BCUT2D eigenvalue weighted by molar-refractivity contribution is -0.137. The first-order chi connectivity index (χ1) is 8.66. The summed E-state index contributed by atoms with van der Waals surface area (Å²) in [6.07, 6.45) is 0.884. The molecule has 1 aliphatic heterocycles. The first-order valence-electron chi connectivity index (χ1n) is 5.89. The third-order valence-corrected chi connectivity index (χ3v) is 3.88. The lowest BCUT2D eigenvalue weighted by Gasteiger charge is -2.16. The summed E-state index contributed by atoms with van der Waals surface area (Å²) in [5, 5.41) is 13.5. The minimum Gasteiger partial charge on any atom is -0.480 e. The van der Waals surface area contributed by atoms with E-state index in [2.05, 4.69) is 27.3 Å². The third kappa shape index (κ3) is 1.83. The highest BCUT2D eigenvalue weighted by molar-refractivity contribution is 9.10. The fourth-order valence-electron chi connectivity index (χ4n) is 2.67. The number of carboxylic acid groups (broad SMARTS) is 1. The van der Waals surface area contributed by atoms with E-state index in [4.69, 9.17) is 5.11 Å². The molecule has 3 rings (SSSR count).